The molecule has 33 nitrogen and oxygen atoms in total. The molecule has 0 bridgehead atoms. The first-order valence-corrected chi connectivity index (χ1v) is 22.0. The van der Waals surface area contributed by atoms with Gasteiger partial charge >= 0.3 is 11.9 Å². The Bertz CT molecular complexity index is 1760. The van der Waals surface area contributed by atoms with Crippen molar-refractivity contribution < 1.29 is 149 Å². The minimum Gasteiger partial charge on any atom is -0.477 e. The number of hydrogen-bond acceptors (Lipinski definition) is 30. The third-order valence-corrected chi connectivity index (χ3v) is 12.9. The summed E-state index contributed by atoms with van der Waals surface area (Å²) in [6, 6.07) is -5.36. The van der Waals surface area contributed by atoms with E-state index in [0.29, 0.717) is 0 Å². The van der Waals surface area contributed by atoms with E-state index in [1.54, 1.807) is 0 Å². The number of nitrogens with two attached hydrogens (primary N) is 2. The van der Waals surface area contributed by atoms with Gasteiger partial charge in [0.25, 0.3) is 11.6 Å². The van der Waals surface area contributed by atoms with Crippen LogP contribution < -0.4 is 16.8 Å². The van der Waals surface area contributed by atoms with Crippen molar-refractivity contribution in [2.24, 2.45) is 11.5 Å². The Morgan fingerprint density at radius 1 is 0.634 bits per heavy atom. The molecule has 71 heavy (non-hydrogen) atoms. The molecule has 412 valence electrons. The minimum atomic E-state index is -3.32. The first-order valence-electron chi connectivity index (χ1n) is 22.0. The van der Waals surface area contributed by atoms with Crippen LogP contribution in [0.2, 0.25) is 0 Å². The number of amides is 1. The summed E-state index contributed by atoms with van der Waals surface area (Å²) in [5.74, 6) is -11.8. The van der Waals surface area contributed by atoms with Gasteiger partial charge in [-0.15, -0.1) is 0 Å². The maximum atomic E-state index is 13.3. The second-order valence-electron chi connectivity index (χ2n) is 17.7. The molecule has 5 rings (SSSR count). The fourth-order valence-corrected chi connectivity index (χ4v) is 8.87. The Morgan fingerprint density at radius 3 is 1.75 bits per heavy atom. The van der Waals surface area contributed by atoms with Crippen LogP contribution in [0.3, 0.4) is 0 Å². The van der Waals surface area contributed by atoms with Crippen molar-refractivity contribution in [2.45, 2.75) is 184 Å². The largest absolute Gasteiger partial charge is 0.477 e. The van der Waals surface area contributed by atoms with Crippen molar-refractivity contribution in [2.75, 3.05) is 33.0 Å². The normalized spacial score (nSPS) is 46.1. The van der Waals surface area contributed by atoms with Gasteiger partial charge in [0.15, 0.2) is 18.9 Å². The number of nitrogens with one attached hydrogen (secondary N) is 1. The van der Waals surface area contributed by atoms with Crippen LogP contribution in [0.4, 0.5) is 0 Å². The summed E-state index contributed by atoms with van der Waals surface area (Å²) < 4.78 is 50.2. The average molecular weight is 1040 g/mol. The molecule has 1 amide bonds. The average Bonchev–Trinajstić information content (AvgIpc) is 3.33. The molecule has 0 radical (unpaired) electrons. The molecule has 0 unspecified atom stereocenters. The molecule has 33 heteroatoms. The van der Waals surface area contributed by atoms with E-state index in [1.165, 1.54) is 0 Å². The molecular weight excluding hydrogens is 978 g/mol. The van der Waals surface area contributed by atoms with Gasteiger partial charge in [0.1, 0.15) is 110 Å². The van der Waals surface area contributed by atoms with E-state index in [9.17, 15) is 106 Å². The minimum absolute atomic E-state index is 0.815. The van der Waals surface area contributed by atoms with Crippen molar-refractivity contribution in [3.8, 4) is 0 Å². The number of ether oxygens (including phenoxy) is 9. The van der Waals surface area contributed by atoms with E-state index in [4.69, 9.17) is 54.1 Å². The number of hydrogen-bond donors (Lipinski definition) is 21. The van der Waals surface area contributed by atoms with E-state index in [0.717, 1.165) is 6.92 Å². The molecule has 27 atom stereocenters. The SMILES string of the molecule is CC(=O)N[C@H]1[C@H](O[C@H]2C[C@](O[C@H](CO)[C@@H](O)[C@@H]3O[C@@](O[C@H]4[C@@H](O)[C@@H](CO)O[C@@H](O[C@H]5[C@H](O)[C@@H](O)[C@H](O)O[C@@H]5CO)[C@@H]4O)(C(=O)O)C[C@H](O)[C@H]3N)(C(=O)O)O[C@@H]([C@H](O)[C@H](O)CO)[C@@H]2N)O[C@H](CO)[C@H](O)[C@@H]1O. The van der Waals surface area contributed by atoms with Crippen molar-refractivity contribution >= 4 is 17.8 Å². The highest BCUT2D eigenvalue weighted by Crippen LogP contribution is 2.41. The fraction of sp³-hybridized carbons (Fsp3) is 0.921. The molecule has 5 fully saturated rings. The topological polar surface area (TPSA) is 562 Å². The molecule has 5 heterocycles. The second-order valence-corrected chi connectivity index (χ2v) is 17.7. The van der Waals surface area contributed by atoms with Crippen LogP contribution in [0.5, 0.6) is 0 Å². The predicted molar refractivity (Wildman–Crippen MR) is 216 cm³/mol. The van der Waals surface area contributed by atoms with Gasteiger partial charge in [0.05, 0.1) is 57.3 Å². The monoisotopic (exact) mass is 1040 g/mol. The van der Waals surface area contributed by atoms with E-state index in [-0.39, 0.29) is 0 Å². The lowest BCUT2D eigenvalue weighted by Gasteiger charge is -2.51. The van der Waals surface area contributed by atoms with E-state index in [2.05, 4.69) is 5.32 Å². The van der Waals surface area contributed by atoms with Crippen LogP contribution in [-0.4, -0.2) is 307 Å². The number of aliphatic hydroxyl groups excluding tert-OH is 16. The first kappa shape index (κ1) is 59.2. The predicted octanol–water partition coefficient (Wildman–Crippen LogP) is -13.4. The maximum absolute atomic E-state index is 13.3. The lowest BCUT2D eigenvalue weighted by Crippen LogP contribution is -2.71. The van der Waals surface area contributed by atoms with Crippen LogP contribution in [0.15, 0.2) is 0 Å². The summed E-state index contributed by atoms with van der Waals surface area (Å²) in [7, 11) is 0. The van der Waals surface area contributed by atoms with Gasteiger partial charge in [-0.25, -0.2) is 9.59 Å². The Labute approximate surface area is 400 Å². The van der Waals surface area contributed by atoms with E-state index in [1.807, 2.05) is 0 Å². The molecule has 0 spiro atoms. The van der Waals surface area contributed by atoms with Gasteiger partial charge in [-0.2, -0.15) is 0 Å². The van der Waals surface area contributed by atoms with Gasteiger partial charge in [-0.05, 0) is 0 Å². The number of aliphatic carboxylic acids is 2. The summed E-state index contributed by atoms with van der Waals surface area (Å²) in [6.45, 7) is -4.66. The second kappa shape index (κ2) is 24.3. The summed E-state index contributed by atoms with van der Waals surface area (Å²) >= 11 is 0. The van der Waals surface area contributed by atoms with Crippen molar-refractivity contribution in [3.63, 3.8) is 0 Å². The van der Waals surface area contributed by atoms with E-state index >= 15 is 0 Å². The molecule has 0 aromatic carbocycles. The van der Waals surface area contributed by atoms with Crippen molar-refractivity contribution in [1.29, 1.82) is 0 Å². The highest BCUT2D eigenvalue weighted by Gasteiger charge is 2.62. The van der Waals surface area contributed by atoms with Crippen LogP contribution in [0.25, 0.3) is 0 Å². The third-order valence-electron chi connectivity index (χ3n) is 12.9. The Balaban J connectivity index is 1.47. The third kappa shape index (κ3) is 12.2. The summed E-state index contributed by atoms with van der Waals surface area (Å²) in [4.78, 5) is 38.6. The number of rotatable bonds is 20. The molecule has 0 saturated carbocycles. The van der Waals surface area contributed by atoms with Crippen LogP contribution >= 0.6 is 0 Å². The number of carboxylic acid groups (broad SMARTS) is 2. The van der Waals surface area contributed by atoms with Gasteiger partial charge in [-0.3, -0.25) is 4.79 Å². The highest BCUT2D eigenvalue weighted by atomic mass is 16.8. The van der Waals surface area contributed by atoms with Crippen molar-refractivity contribution in [1.82, 2.24) is 5.32 Å². The number of aliphatic hydroxyl groups is 16. The molecule has 5 aliphatic rings. The molecule has 5 saturated heterocycles. The Morgan fingerprint density at radius 2 is 1.20 bits per heavy atom. The molecule has 5 aliphatic heterocycles. The molecule has 0 aromatic rings. The standard InChI is InChI=1S/C38H65N3O30/c1-9(47)41-19-24(54)21(51)13(5-43)65-33(19)64-12-3-38(36(61)62,70-30(18(12)40)20(50)11(49)4-42)68-15(7-45)23(53)29-17(39)10(48)2-37(69-29,35(59)60)71-31-22(52)14(6-44)66-34(27(31)57)67-28-16(8-46)63-32(58)26(56)25(28)55/h10-34,42-46,48-58H,2-8,39-40H2,1H3,(H,41,47)(H,59,60)(H,61,62)/t10-,11+,12-,13+,14+,15+,16+,17+,18+,19+,20+,21-,22-,23+,24+,25+,26+,27+,28+,29+,30+,31-,32+,33+,34-,37-,38+/m0/s1. The first-order chi connectivity index (χ1) is 33.3. The van der Waals surface area contributed by atoms with Crippen molar-refractivity contribution in [3.05, 3.63) is 0 Å². The summed E-state index contributed by atoms with van der Waals surface area (Å²) in [6.07, 6.45) is -48.0. The number of carbonyl (C=O) groups excluding carboxylic acids is 1. The Kier molecular flexibility index (Phi) is 20.3. The fourth-order valence-electron chi connectivity index (χ4n) is 8.87. The summed E-state index contributed by atoms with van der Waals surface area (Å²) in [5.41, 5.74) is 12.5. The zero-order valence-corrected chi connectivity index (χ0v) is 37.5. The zero-order valence-electron chi connectivity index (χ0n) is 37.5. The molecule has 23 N–H and O–H groups in total. The number of carboxylic acids is 2. The van der Waals surface area contributed by atoms with Gasteiger partial charge in [-0.1, -0.05) is 0 Å². The smallest absolute Gasteiger partial charge is 0.364 e. The Hall–Kier alpha value is -2.67. The highest BCUT2D eigenvalue weighted by molar-refractivity contribution is 5.76. The lowest BCUT2D eigenvalue weighted by atomic mass is 9.87. The molecular formula is C38H65N3O30. The number of carbonyl (C=O) groups is 3. The maximum Gasteiger partial charge on any atom is 0.364 e. The van der Waals surface area contributed by atoms with Crippen LogP contribution in [-0.2, 0) is 57.0 Å². The van der Waals surface area contributed by atoms with Gasteiger partial charge in [0.2, 0.25) is 5.91 Å². The van der Waals surface area contributed by atoms with Gasteiger partial charge < -0.3 is 151 Å². The lowest BCUT2D eigenvalue weighted by molar-refractivity contribution is -0.387. The molecule has 0 aromatic heterocycles. The van der Waals surface area contributed by atoms with Crippen LogP contribution in [0.1, 0.15) is 19.8 Å². The van der Waals surface area contributed by atoms with Gasteiger partial charge in [0, 0.05) is 19.8 Å². The quantitative estimate of drug-likeness (QED) is 0.0538. The van der Waals surface area contributed by atoms with Crippen LogP contribution in [0, 0.1) is 0 Å². The zero-order chi connectivity index (χ0) is 53.2. The van der Waals surface area contributed by atoms with E-state index < -0.39 is 228 Å². The molecule has 0 aliphatic carbocycles. The summed E-state index contributed by atoms with van der Waals surface area (Å²) in [5, 5.41) is 193.